The lowest BCUT2D eigenvalue weighted by Crippen LogP contribution is -2.34. The molecule has 0 aromatic heterocycles. The molecule has 0 rings (SSSR count). The Bertz CT molecular complexity index is 906. The number of carbonyl (C=O) groups is 3. The quantitative estimate of drug-likeness (QED) is 0.0308. The van der Waals surface area contributed by atoms with Gasteiger partial charge >= 0.3 is 25.7 Å². The van der Waals surface area contributed by atoms with Gasteiger partial charge in [-0.2, -0.15) is 0 Å². The minimum Gasteiger partial charge on any atom is -0.480 e. The summed E-state index contributed by atoms with van der Waals surface area (Å²) in [5.74, 6) is -2.36. The normalized spacial score (nSPS) is 13.8. The van der Waals surface area contributed by atoms with Crippen molar-refractivity contribution in [2.75, 3.05) is 19.8 Å². The number of rotatable bonds is 40. The minimum atomic E-state index is -4.70. The lowest BCUT2D eigenvalue weighted by molar-refractivity contribution is -0.161. The van der Waals surface area contributed by atoms with Crippen LogP contribution in [0.1, 0.15) is 206 Å². The van der Waals surface area contributed by atoms with E-state index in [2.05, 4.69) is 18.4 Å². The molecule has 0 saturated heterocycles. The van der Waals surface area contributed by atoms with Crippen LogP contribution in [0.25, 0.3) is 0 Å². The number of hydrogen-bond donors (Lipinski definition) is 3. The molecule has 11 nitrogen and oxygen atoms in total. The summed E-state index contributed by atoms with van der Waals surface area (Å²) in [5, 5.41) is 8.86. The number of esters is 2. The average molecular weight is 764 g/mol. The summed E-state index contributed by atoms with van der Waals surface area (Å²) >= 11 is 0. The zero-order valence-electron chi connectivity index (χ0n) is 33.2. The molecule has 12 heteroatoms. The van der Waals surface area contributed by atoms with Gasteiger partial charge in [-0.3, -0.25) is 23.4 Å². The number of carboxylic acids is 1. The molecule has 0 saturated carbocycles. The zero-order valence-corrected chi connectivity index (χ0v) is 34.1. The maximum Gasteiger partial charge on any atom is 0.472 e. The molecule has 0 aliphatic carbocycles. The van der Waals surface area contributed by atoms with E-state index in [9.17, 15) is 23.8 Å². The van der Waals surface area contributed by atoms with Crippen LogP contribution in [0, 0.1) is 0 Å². The van der Waals surface area contributed by atoms with E-state index < -0.39 is 51.1 Å². The minimum absolute atomic E-state index is 0.167. The summed E-state index contributed by atoms with van der Waals surface area (Å²) in [6.45, 7) is 2.79. The number of carbonyl (C=O) groups excluding carboxylic acids is 2. The fraction of sp³-hybridized carbons (Fsp3) is 0.925. The first-order chi connectivity index (χ1) is 25.1. The summed E-state index contributed by atoms with van der Waals surface area (Å²) in [4.78, 5) is 45.7. The van der Waals surface area contributed by atoms with E-state index in [0.29, 0.717) is 12.8 Å². The first-order valence-corrected chi connectivity index (χ1v) is 22.6. The first kappa shape index (κ1) is 50.5. The molecule has 308 valence electrons. The van der Waals surface area contributed by atoms with E-state index in [1.807, 2.05) is 0 Å². The molecule has 3 atom stereocenters. The lowest BCUT2D eigenvalue weighted by atomic mass is 10.0. The average Bonchev–Trinajstić information content (AvgIpc) is 3.12. The fourth-order valence-corrected chi connectivity index (χ4v) is 6.79. The van der Waals surface area contributed by atoms with Crippen LogP contribution in [0.5, 0.6) is 0 Å². The number of carboxylic acid groups (broad SMARTS) is 1. The molecule has 4 N–H and O–H groups in total. The van der Waals surface area contributed by atoms with Crippen molar-refractivity contribution in [1.29, 1.82) is 0 Å². The Morgan fingerprint density at radius 2 is 0.846 bits per heavy atom. The predicted molar refractivity (Wildman–Crippen MR) is 208 cm³/mol. The molecule has 0 spiro atoms. The second kappa shape index (κ2) is 36.5. The molecule has 1 unspecified atom stereocenters. The smallest absolute Gasteiger partial charge is 0.472 e. The Kier molecular flexibility index (Phi) is 35.4. The molecular formula is C40H78NO10P. The van der Waals surface area contributed by atoms with Crippen molar-refractivity contribution in [1.82, 2.24) is 0 Å². The third kappa shape index (κ3) is 35.5. The molecule has 0 aromatic carbocycles. The van der Waals surface area contributed by atoms with Gasteiger partial charge < -0.3 is 25.2 Å². The Hall–Kier alpha value is -1.52. The molecule has 0 aliphatic rings. The van der Waals surface area contributed by atoms with Crippen LogP contribution in [0.4, 0.5) is 0 Å². The highest BCUT2D eigenvalue weighted by Gasteiger charge is 2.28. The number of unbranched alkanes of at least 4 members (excludes halogenated alkanes) is 26. The second-order valence-corrected chi connectivity index (χ2v) is 15.9. The maximum atomic E-state index is 12.5. The van der Waals surface area contributed by atoms with Crippen molar-refractivity contribution in [2.24, 2.45) is 5.73 Å². The third-order valence-electron chi connectivity index (χ3n) is 9.36. The van der Waals surface area contributed by atoms with E-state index in [4.69, 9.17) is 24.8 Å². The molecule has 0 aliphatic heterocycles. The van der Waals surface area contributed by atoms with E-state index in [-0.39, 0.29) is 19.4 Å². The van der Waals surface area contributed by atoms with Crippen LogP contribution in [-0.2, 0) is 37.5 Å². The highest BCUT2D eigenvalue weighted by molar-refractivity contribution is 7.47. The van der Waals surface area contributed by atoms with Gasteiger partial charge in [0.2, 0.25) is 0 Å². The van der Waals surface area contributed by atoms with Gasteiger partial charge in [0.05, 0.1) is 13.2 Å². The van der Waals surface area contributed by atoms with E-state index in [1.54, 1.807) is 0 Å². The molecule has 0 fully saturated rings. The van der Waals surface area contributed by atoms with Crippen molar-refractivity contribution in [3.05, 3.63) is 0 Å². The Morgan fingerprint density at radius 3 is 1.21 bits per heavy atom. The van der Waals surface area contributed by atoms with Crippen molar-refractivity contribution < 1.29 is 47.5 Å². The van der Waals surface area contributed by atoms with Crippen molar-refractivity contribution in [3.63, 3.8) is 0 Å². The van der Waals surface area contributed by atoms with Gasteiger partial charge in [-0.25, -0.2) is 4.57 Å². The van der Waals surface area contributed by atoms with Crippen LogP contribution < -0.4 is 5.73 Å². The topological polar surface area (TPSA) is 172 Å². The van der Waals surface area contributed by atoms with E-state index in [1.165, 1.54) is 128 Å². The van der Waals surface area contributed by atoms with Crippen molar-refractivity contribution >= 4 is 25.7 Å². The van der Waals surface area contributed by atoms with Crippen molar-refractivity contribution in [2.45, 2.75) is 219 Å². The zero-order chi connectivity index (χ0) is 38.5. The summed E-state index contributed by atoms with van der Waals surface area (Å²) in [6, 6.07) is -1.51. The maximum absolute atomic E-state index is 12.5. The number of ether oxygens (including phenoxy) is 2. The Balaban J connectivity index is 4.22. The standard InChI is InChI=1S/C40H78NO10P/c1-3-5-7-9-11-13-14-15-16-17-18-19-20-21-22-24-25-27-29-31-38(42)48-33-36(34-49-52(46,47)50-35-37(41)40(44)45)51-39(43)32-30-28-26-23-12-10-8-6-4-2/h36-37H,3-35,41H2,1-2H3,(H,44,45)(H,46,47)/t36-,37+/m0/s1. The summed E-state index contributed by atoms with van der Waals surface area (Å²) in [7, 11) is -4.70. The molecule has 0 heterocycles. The summed E-state index contributed by atoms with van der Waals surface area (Å²) in [5.41, 5.74) is 5.32. The number of nitrogens with two attached hydrogens (primary N) is 1. The van der Waals surface area contributed by atoms with Gasteiger partial charge in [0.15, 0.2) is 6.10 Å². The molecule has 0 bridgehead atoms. The molecule has 0 aromatic rings. The number of aliphatic carboxylic acids is 1. The molecule has 0 radical (unpaired) electrons. The first-order valence-electron chi connectivity index (χ1n) is 21.1. The Morgan fingerprint density at radius 1 is 0.519 bits per heavy atom. The SMILES string of the molecule is CCCCCCCCCCCCCCCCCCCCCC(=O)OC[C@@H](COP(=O)(O)OC[C@@H](N)C(=O)O)OC(=O)CCCCCCCCCCC. The van der Waals surface area contributed by atoms with E-state index in [0.717, 1.165) is 38.5 Å². The molecule has 52 heavy (non-hydrogen) atoms. The van der Waals surface area contributed by atoms with Gasteiger partial charge in [-0.1, -0.05) is 181 Å². The van der Waals surface area contributed by atoms with Crippen LogP contribution >= 0.6 is 7.82 Å². The van der Waals surface area contributed by atoms with Gasteiger partial charge in [-0.15, -0.1) is 0 Å². The van der Waals surface area contributed by atoms with Crippen LogP contribution in [0.2, 0.25) is 0 Å². The predicted octanol–water partition coefficient (Wildman–Crippen LogP) is 10.7. The van der Waals surface area contributed by atoms with E-state index >= 15 is 0 Å². The third-order valence-corrected chi connectivity index (χ3v) is 10.3. The van der Waals surface area contributed by atoms with Crippen LogP contribution in [0.15, 0.2) is 0 Å². The number of phosphoric acid groups is 1. The number of hydrogen-bond acceptors (Lipinski definition) is 9. The van der Waals surface area contributed by atoms with Crippen LogP contribution in [-0.4, -0.2) is 59.9 Å². The monoisotopic (exact) mass is 764 g/mol. The summed E-state index contributed by atoms with van der Waals surface area (Å²) < 4.78 is 32.6. The lowest BCUT2D eigenvalue weighted by Gasteiger charge is -2.20. The molecule has 0 amide bonds. The highest BCUT2D eigenvalue weighted by atomic mass is 31.2. The van der Waals surface area contributed by atoms with Gasteiger partial charge in [0.1, 0.15) is 12.6 Å². The second-order valence-electron chi connectivity index (χ2n) is 14.5. The largest absolute Gasteiger partial charge is 0.480 e. The Labute approximate surface area is 316 Å². The fourth-order valence-electron chi connectivity index (χ4n) is 6.01. The van der Waals surface area contributed by atoms with Crippen LogP contribution in [0.3, 0.4) is 0 Å². The summed E-state index contributed by atoms with van der Waals surface area (Å²) in [6.07, 6.45) is 33.3. The van der Waals surface area contributed by atoms with Crippen molar-refractivity contribution in [3.8, 4) is 0 Å². The van der Waals surface area contributed by atoms with Gasteiger partial charge in [-0.05, 0) is 12.8 Å². The number of phosphoric ester groups is 1. The highest BCUT2D eigenvalue weighted by Crippen LogP contribution is 2.43. The van der Waals surface area contributed by atoms with Gasteiger partial charge in [0, 0.05) is 12.8 Å². The molecular weight excluding hydrogens is 685 g/mol. The van der Waals surface area contributed by atoms with Gasteiger partial charge in [0.25, 0.3) is 0 Å².